The monoisotopic (exact) mass is 335 g/mol. The second kappa shape index (κ2) is 7.23. The standard InChI is InChI=1S/C20H17NO2S/c1-14-10-11-17(13-15(14)2)19(16-7-4-3-5-8-16)21-23-20(22)18-9-6-12-24-18/h3-13H,1-2H3. The summed E-state index contributed by atoms with van der Waals surface area (Å²) in [5, 5.41) is 6.00. The summed E-state index contributed by atoms with van der Waals surface area (Å²) in [6, 6.07) is 19.4. The van der Waals surface area contributed by atoms with Crippen molar-refractivity contribution in [2.75, 3.05) is 0 Å². The van der Waals surface area contributed by atoms with E-state index in [1.165, 1.54) is 22.5 Å². The summed E-state index contributed by atoms with van der Waals surface area (Å²) >= 11 is 1.33. The first-order valence-electron chi connectivity index (χ1n) is 7.61. The van der Waals surface area contributed by atoms with Crippen LogP contribution < -0.4 is 0 Å². The summed E-state index contributed by atoms with van der Waals surface area (Å²) in [5.74, 6) is -0.442. The van der Waals surface area contributed by atoms with E-state index in [1.807, 2.05) is 53.9 Å². The van der Waals surface area contributed by atoms with E-state index < -0.39 is 5.97 Å². The number of rotatable bonds is 4. The van der Waals surface area contributed by atoms with Crippen molar-refractivity contribution >= 4 is 23.0 Å². The summed E-state index contributed by atoms with van der Waals surface area (Å²) in [4.78, 5) is 17.8. The Bertz CT molecular complexity index is 868. The van der Waals surface area contributed by atoms with Crippen LogP contribution in [0.25, 0.3) is 0 Å². The van der Waals surface area contributed by atoms with Crippen LogP contribution in [0.1, 0.15) is 31.9 Å². The third kappa shape index (κ3) is 3.60. The number of carbonyl (C=O) groups excluding carboxylic acids is 1. The Balaban J connectivity index is 1.97. The van der Waals surface area contributed by atoms with E-state index in [9.17, 15) is 4.79 Å². The third-order valence-corrected chi connectivity index (χ3v) is 4.62. The first-order chi connectivity index (χ1) is 11.6. The maximum absolute atomic E-state index is 12.1. The number of benzene rings is 2. The van der Waals surface area contributed by atoms with Gasteiger partial charge in [-0.05, 0) is 42.5 Å². The van der Waals surface area contributed by atoms with E-state index in [0.717, 1.165) is 11.1 Å². The zero-order valence-electron chi connectivity index (χ0n) is 13.5. The van der Waals surface area contributed by atoms with Gasteiger partial charge in [0.25, 0.3) is 0 Å². The average molecular weight is 335 g/mol. The van der Waals surface area contributed by atoms with Gasteiger partial charge in [-0.1, -0.05) is 53.7 Å². The normalized spacial score (nSPS) is 11.3. The lowest BCUT2D eigenvalue weighted by Gasteiger charge is -2.09. The molecule has 24 heavy (non-hydrogen) atoms. The molecule has 0 amide bonds. The highest BCUT2D eigenvalue weighted by Gasteiger charge is 2.12. The van der Waals surface area contributed by atoms with Gasteiger partial charge in [0.15, 0.2) is 0 Å². The van der Waals surface area contributed by atoms with E-state index in [4.69, 9.17) is 4.84 Å². The lowest BCUT2D eigenvalue weighted by atomic mass is 9.99. The Kier molecular flexibility index (Phi) is 4.87. The second-order valence-electron chi connectivity index (χ2n) is 5.46. The number of hydrogen-bond acceptors (Lipinski definition) is 4. The summed E-state index contributed by atoms with van der Waals surface area (Å²) in [7, 11) is 0. The van der Waals surface area contributed by atoms with E-state index in [1.54, 1.807) is 6.07 Å². The molecule has 1 heterocycles. The third-order valence-electron chi connectivity index (χ3n) is 3.77. The summed E-state index contributed by atoms with van der Waals surface area (Å²) in [5.41, 5.74) is 4.84. The first-order valence-corrected chi connectivity index (χ1v) is 8.49. The van der Waals surface area contributed by atoms with Crippen LogP contribution in [0.15, 0.2) is 71.2 Å². The van der Waals surface area contributed by atoms with E-state index >= 15 is 0 Å². The van der Waals surface area contributed by atoms with Crippen molar-refractivity contribution in [1.82, 2.24) is 0 Å². The molecule has 4 heteroatoms. The molecule has 0 aliphatic heterocycles. The zero-order chi connectivity index (χ0) is 16.9. The van der Waals surface area contributed by atoms with E-state index in [-0.39, 0.29) is 0 Å². The number of oxime groups is 1. The van der Waals surface area contributed by atoms with Crippen LogP contribution in [0, 0.1) is 13.8 Å². The summed E-state index contributed by atoms with van der Waals surface area (Å²) in [6.07, 6.45) is 0. The van der Waals surface area contributed by atoms with Gasteiger partial charge >= 0.3 is 5.97 Å². The van der Waals surface area contributed by atoms with Gasteiger partial charge in [0.2, 0.25) is 0 Å². The molecule has 0 spiro atoms. The number of hydrogen-bond donors (Lipinski definition) is 0. The van der Waals surface area contributed by atoms with Crippen LogP contribution in [-0.2, 0) is 4.84 Å². The molecule has 3 rings (SSSR count). The Morgan fingerprint density at radius 3 is 2.38 bits per heavy atom. The van der Waals surface area contributed by atoms with Crippen molar-refractivity contribution in [2.45, 2.75) is 13.8 Å². The predicted octanol–water partition coefficient (Wildman–Crippen LogP) is 4.97. The fourth-order valence-electron chi connectivity index (χ4n) is 2.28. The number of carbonyl (C=O) groups is 1. The first kappa shape index (κ1) is 16.1. The molecule has 0 atom stereocenters. The number of nitrogens with zero attached hydrogens (tertiary/aromatic N) is 1. The average Bonchev–Trinajstić information content (AvgIpc) is 3.13. The molecule has 0 saturated carbocycles. The van der Waals surface area contributed by atoms with Crippen molar-refractivity contribution < 1.29 is 9.63 Å². The van der Waals surface area contributed by atoms with Gasteiger partial charge in [-0.25, -0.2) is 4.79 Å². The fraction of sp³-hybridized carbons (Fsp3) is 0.100. The van der Waals surface area contributed by atoms with Crippen LogP contribution in [0.5, 0.6) is 0 Å². The molecule has 3 aromatic rings. The molecule has 2 aromatic carbocycles. The van der Waals surface area contributed by atoms with Gasteiger partial charge < -0.3 is 4.84 Å². The van der Waals surface area contributed by atoms with Gasteiger partial charge in [0.05, 0.1) is 0 Å². The van der Waals surface area contributed by atoms with Gasteiger partial charge in [-0.15, -0.1) is 11.3 Å². The zero-order valence-corrected chi connectivity index (χ0v) is 14.3. The van der Waals surface area contributed by atoms with Gasteiger partial charge in [-0.2, -0.15) is 0 Å². The molecule has 0 bridgehead atoms. The largest absolute Gasteiger partial charge is 0.375 e. The topological polar surface area (TPSA) is 38.7 Å². The molecular weight excluding hydrogens is 318 g/mol. The van der Waals surface area contributed by atoms with Crippen LogP contribution in [0.3, 0.4) is 0 Å². The predicted molar refractivity (Wildman–Crippen MR) is 97.7 cm³/mol. The van der Waals surface area contributed by atoms with Crippen LogP contribution in [0.2, 0.25) is 0 Å². The fourth-order valence-corrected chi connectivity index (χ4v) is 2.88. The number of aryl methyl sites for hydroxylation is 2. The molecular formula is C20H17NO2S. The Morgan fingerprint density at radius 1 is 0.917 bits per heavy atom. The molecule has 0 saturated heterocycles. The van der Waals surface area contributed by atoms with Crippen molar-refractivity contribution in [2.24, 2.45) is 5.16 Å². The molecule has 0 radical (unpaired) electrons. The van der Waals surface area contributed by atoms with E-state index in [0.29, 0.717) is 10.6 Å². The van der Waals surface area contributed by atoms with Crippen molar-refractivity contribution in [1.29, 1.82) is 0 Å². The Labute approximate surface area is 145 Å². The second-order valence-corrected chi connectivity index (χ2v) is 6.41. The minimum absolute atomic E-state index is 0.442. The van der Waals surface area contributed by atoms with Crippen molar-refractivity contribution in [3.8, 4) is 0 Å². The van der Waals surface area contributed by atoms with Crippen LogP contribution in [-0.4, -0.2) is 11.7 Å². The van der Waals surface area contributed by atoms with Gasteiger partial charge in [0.1, 0.15) is 10.6 Å². The van der Waals surface area contributed by atoms with Crippen molar-refractivity contribution in [3.05, 3.63) is 93.2 Å². The Hall–Kier alpha value is -2.72. The van der Waals surface area contributed by atoms with Crippen LogP contribution in [0.4, 0.5) is 0 Å². The molecule has 120 valence electrons. The molecule has 0 fully saturated rings. The molecule has 3 nitrogen and oxygen atoms in total. The molecule has 0 aliphatic carbocycles. The number of thiophene rings is 1. The summed E-state index contributed by atoms with van der Waals surface area (Å²) in [6.45, 7) is 4.12. The lowest BCUT2D eigenvalue weighted by Crippen LogP contribution is -2.07. The lowest BCUT2D eigenvalue weighted by molar-refractivity contribution is 0.0523. The molecule has 0 aliphatic rings. The highest BCUT2D eigenvalue weighted by Crippen LogP contribution is 2.17. The van der Waals surface area contributed by atoms with Gasteiger partial charge in [0, 0.05) is 11.1 Å². The minimum Gasteiger partial charge on any atom is -0.311 e. The van der Waals surface area contributed by atoms with Crippen LogP contribution >= 0.6 is 11.3 Å². The maximum atomic E-state index is 12.1. The highest BCUT2D eigenvalue weighted by atomic mass is 32.1. The smallest absolute Gasteiger partial charge is 0.311 e. The van der Waals surface area contributed by atoms with Crippen molar-refractivity contribution in [3.63, 3.8) is 0 Å². The Morgan fingerprint density at radius 2 is 1.71 bits per heavy atom. The maximum Gasteiger partial charge on any atom is 0.375 e. The van der Waals surface area contributed by atoms with E-state index in [2.05, 4.69) is 25.1 Å². The summed E-state index contributed by atoms with van der Waals surface area (Å²) < 4.78 is 0. The molecule has 1 aromatic heterocycles. The molecule has 0 N–H and O–H groups in total. The van der Waals surface area contributed by atoms with Gasteiger partial charge in [-0.3, -0.25) is 0 Å². The SMILES string of the molecule is Cc1ccc(C(=NOC(=O)c2cccs2)c2ccccc2)cc1C. The quantitative estimate of drug-likeness (QED) is 0.383. The minimum atomic E-state index is -0.442. The highest BCUT2D eigenvalue weighted by molar-refractivity contribution is 7.11. The molecule has 0 unspecified atom stereocenters.